The van der Waals surface area contributed by atoms with Crippen molar-refractivity contribution in [2.75, 3.05) is 12.0 Å². The number of carbonyl (C=O) groups excluding carboxylic acids is 2. The summed E-state index contributed by atoms with van der Waals surface area (Å²) in [7, 11) is 1.46. The van der Waals surface area contributed by atoms with Gasteiger partial charge in [0, 0.05) is 5.02 Å². The lowest BCUT2D eigenvalue weighted by Gasteiger charge is -2.15. The molecule has 0 bridgehead atoms. The number of thioether (sulfide) groups is 1. The van der Waals surface area contributed by atoms with Crippen molar-refractivity contribution in [3.8, 4) is 11.5 Å². The van der Waals surface area contributed by atoms with Crippen LogP contribution < -0.4 is 14.4 Å². The maximum atomic E-state index is 13.0. The van der Waals surface area contributed by atoms with E-state index >= 15 is 0 Å². The van der Waals surface area contributed by atoms with Crippen LogP contribution in [-0.4, -0.2) is 23.3 Å². The molecule has 0 radical (unpaired) electrons. The average molecular weight is 551 g/mol. The van der Waals surface area contributed by atoms with Gasteiger partial charge in [-0.15, -0.1) is 0 Å². The summed E-state index contributed by atoms with van der Waals surface area (Å²) in [5.74, 6) is -0.269. The molecule has 0 aromatic heterocycles. The summed E-state index contributed by atoms with van der Waals surface area (Å²) in [6.45, 7) is 0. The summed E-state index contributed by atoms with van der Waals surface area (Å²) >= 11 is 24.5. The largest absolute Gasteiger partial charge is 0.493 e. The van der Waals surface area contributed by atoms with E-state index < -0.39 is 5.97 Å². The molecule has 0 spiro atoms. The number of hydrogen-bond acceptors (Lipinski definition) is 6. The molecule has 1 aliphatic heterocycles. The second kappa shape index (κ2) is 10.4. The van der Waals surface area contributed by atoms with Gasteiger partial charge < -0.3 is 9.47 Å². The number of esters is 1. The van der Waals surface area contributed by atoms with Crippen molar-refractivity contribution in [3.05, 3.63) is 91.8 Å². The third-order valence-corrected chi connectivity index (χ3v) is 7.02. The van der Waals surface area contributed by atoms with Gasteiger partial charge in [0.25, 0.3) is 5.91 Å². The fourth-order valence-corrected chi connectivity index (χ4v) is 4.79. The molecular formula is C24H14Cl3NO4S2. The highest BCUT2D eigenvalue weighted by molar-refractivity contribution is 8.27. The molecular weight excluding hydrogens is 537 g/mol. The molecule has 5 nitrogen and oxygen atoms in total. The number of benzene rings is 3. The number of hydrogen-bond donors (Lipinski definition) is 0. The van der Waals surface area contributed by atoms with Crippen LogP contribution in [0.3, 0.4) is 0 Å². The summed E-state index contributed by atoms with van der Waals surface area (Å²) in [6, 6.07) is 16.2. The standard InChI is InChI=1S/C24H14Cl3NO4S2/c1-31-20-10-13(2-9-19(20)32-23(30)14-3-5-15(25)6-4-14)11-21-22(29)28(24(33)34-21)16-7-8-17(26)18(27)12-16/h2-12H,1H3. The van der Waals surface area contributed by atoms with E-state index in [2.05, 4.69) is 0 Å². The molecule has 4 rings (SSSR count). The van der Waals surface area contributed by atoms with Crippen LogP contribution >= 0.6 is 58.8 Å². The van der Waals surface area contributed by atoms with E-state index in [1.54, 1.807) is 66.7 Å². The van der Waals surface area contributed by atoms with Crippen LogP contribution in [0.25, 0.3) is 6.08 Å². The van der Waals surface area contributed by atoms with Crippen molar-refractivity contribution >= 4 is 86.7 Å². The number of anilines is 1. The molecule has 3 aromatic carbocycles. The number of thiocarbonyl (C=S) groups is 1. The monoisotopic (exact) mass is 549 g/mol. The Bertz CT molecular complexity index is 1340. The first-order valence-corrected chi connectivity index (χ1v) is 12.0. The zero-order valence-corrected chi connectivity index (χ0v) is 21.3. The Morgan fingerprint density at radius 3 is 2.38 bits per heavy atom. The van der Waals surface area contributed by atoms with Gasteiger partial charge in [0.05, 0.1) is 33.3 Å². The quantitative estimate of drug-likeness (QED) is 0.144. The topological polar surface area (TPSA) is 55.8 Å². The highest BCUT2D eigenvalue weighted by Crippen LogP contribution is 2.39. The maximum absolute atomic E-state index is 13.0. The smallest absolute Gasteiger partial charge is 0.343 e. The van der Waals surface area contributed by atoms with Crippen LogP contribution in [-0.2, 0) is 4.79 Å². The van der Waals surface area contributed by atoms with E-state index in [-0.39, 0.29) is 11.7 Å². The van der Waals surface area contributed by atoms with Crippen molar-refractivity contribution in [2.45, 2.75) is 0 Å². The Balaban J connectivity index is 1.56. The van der Waals surface area contributed by atoms with Gasteiger partial charge in [-0.05, 0) is 66.2 Å². The summed E-state index contributed by atoms with van der Waals surface area (Å²) < 4.78 is 11.2. The van der Waals surface area contributed by atoms with Crippen LogP contribution in [0, 0.1) is 0 Å². The minimum Gasteiger partial charge on any atom is -0.493 e. The maximum Gasteiger partial charge on any atom is 0.343 e. The first-order valence-electron chi connectivity index (χ1n) is 9.65. The molecule has 1 fully saturated rings. The van der Waals surface area contributed by atoms with E-state index in [4.69, 9.17) is 56.5 Å². The molecule has 0 N–H and O–H groups in total. The molecule has 1 heterocycles. The van der Waals surface area contributed by atoms with E-state index in [9.17, 15) is 9.59 Å². The predicted molar refractivity (Wildman–Crippen MR) is 142 cm³/mol. The summed E-state index contributed by atoms with van der Waals surface area (Å²) in [5, 5.41) is 1.23. The lowest BCUT2D eigenvalue weighted by molar-refractivity contribution is -0.113. The number of halogens is 3. The first-order chi connectivity index (χ1) is 16.3. The van der Waals surface area contributed by atoms with Gasteiger partial charge in [-0.2, -0.15) is 0 Å². The van der Waals surface area contributed by atoms with E-state index in [0.29, 0.717) is 46.9 Å². The van der Waals surface area contributed by atoms with Gasteiger partial charge in [-0.3, -0.25) is 9.69 Å². The van der Waals surface area contributed by atoms with Crippen molar-refractivity contribution in [1.29, 1.82) is 0 Å². The van der Waals surface area contributed by atoms with Crippen LogP contribution in [0.5, 0.6) is 11.5 Å². The molecule has 3 aromatic rings. The Kier molecular flexibility index (Phi) is 7.50. The summed E-state index contributed by atoms with van der Waals surface area (Å²) in [6.07, 6.45) is 1.68. The average Bonchev–Trinajstić information content (AvgIpc) is 3.09. The third kappa shape index (κ3) is 5.24. The van der Waals surface area contributed by atoms with E-state index in [1.165, 1.54) is 12.0 Å². The fourth-order valence-electron chi connectivity index (χ4n) is 3.07. The van der Waals surface area contributed by atoms with E-state index in [0.717, 1.165) is 11.8 Å². The molecule has 34 heavy (non-hydrogen) atoms. The Morgan fingerprint density at radius 2 is 1.71 bits per heavy atom. The Hall–Kier alpha value is -2.55. The lowest BCUT2D eigenvalue weighted by Crippen LogP contribution is -2.27. The summed E-state index contributed by atoms with van der Waals surface area (Å²) in [4.78, 5) is 27.3. The van der Waals surface area contributed by atoms with E-state index in [1.807, 2.05) is 0 Å². The second-order valence-corrected chi connectivity index (χ2v) is 9.85. The number of rotatable bonds is 5. The SMILES string of the molecule is COc1cc(C=C2SC(=S)N(c3ccc(Cl)c(Cl)c3)C2=O)ccc1OC(=O)c1ccc(Cl)cc1. The molecule has 0 aliphatic carbocycles. The number of nitrogens with zero attached hydrogens (tertiary/aromatic N) is 1. The summed E-state index contributed by atoms with van der Waals surface area (Å²) in [5.41, 5.74) is 1.54. The highest BCUT2D eigenvalue weighted by atomic mass is 35.5. The third-order valence-electron chi connectivity index (χ3n) is 4.72. The van der Waals surface area contributed by atoms with Crippen LogP contribution in [0.4, 0.5) is 5.69 Å². The number of methoxy groups -OCH3 is 1. The highest BCUT2D eigenvalue weighted by Gasteiger charge is 2.33. The number of ether oxygens (including phenoxy) is 2. The number of amides is 1. The van der Waals surface area contributed by atoms with Gasteiger partial charge in [-0.1, -0.05) is 64.8 Å². The van der Waals surface area contributed by atoms with Crippen LogP contribution in [0.15, 0.2) is 65.6 Å². The number of carbonyl (C=O) groups is 2. The fraction of sp³-hybridized carbons (Fsp3) is 0.0417. The second-order valence-electron chi connectivity index (χ2n) is 6.92. The van der Waals surface area contributed by atoms with Crippen molar-refractivity contribution in [1.82, 2.24) is 0 Å². The Labute approximate surface area is 220 Å². The zero-order valence-electron chi connectivity index (χ0n) is 17.4. The molecule has 1 aliphatic rings. The first kappa shape index (κ1) is 24.6. The molecule has 1 saturated heterocycles. The van der Waals surface area contributed by atoms with Crippen molar-refractivity contribution in [3.63, 3.8) is 0 Å². The van der Waals surface area contributed by atoms with Crippen LogP contribution in [0.1, 0.15) is 15.9 Å². The lowest BCUT2D eigenvalue weighted by atomic mass is 10.1. The minimum absolute atomic E-state index is 0.239. The Morgan fingerprint density at radius 1 is 0.971 bits per heavy atom. The molecule has 10 heteroatoms. The van der Waals surface area contributed by atoms with Crippen LogP contribution in [0.2, 0.25) is 15.1 Å². The van der Waals surface area contributed by atoms with Gasteiger partial charge in [-0.25, -0.2) is 4.79 Å². The normalized spacial score (nSPS) is 14.6. The van der Waals surface area contributed by atoms with Gasteiger partial charge in [0.1, 0.15) is 0 Å². The predicted octanol–water partition coefficient (Wildman–Crippen LogP) is 7.28. The molecule has 0 unspecified atom stereocenters. The van der Waals surface area contributed by atoms with Gasteiger partial charge >= 0.3 is 5.97 Å². The van der Waals surface area contributed by atoms with Crippen molar-refractivity contribution < 1.29 is 19.1 Å². The molecule has 172 valence electrons. The molecule has 0 atom stereocenters. The zero-order chi connectivity index (χ0) is 24.4. The molecule has 1 amide bonds. The molecule has 0 saturated carbocycles. The van der Waals surface area contributed by atoms with Gasteiger partial charge in [0.2, 0.25) is 0 Å². The van der Waals surface area contributed by atoms with Gasteiger partial charge in [0.15, 0.2) is 15.8 Å². The van der Waals surface area contributed by atoms with Crippen molar-refractivity contribution in [2.24, 2.45) is 0 Å². The minimum atomic E-state index is -0.551.